The van der Waals surface area contributed by atoms with Crippen molar-refractivity contribution >= 4 is 35.3 Å². The van der Waals surface area contributed by atoms with Gasteiger partial charge in [-0.15, -0.1) is 23.7 Å². The molecule has 20 heavy (non-hydrogen) atoms. The van der Waals surface area contributed by atoms with Gasteiger partial charge in [0, 0.05) is 29.2 Å². The van der Waals surface area contributed by atoms with E-state index in [1.54, 1.807) is 17.5 Å². The Morgan fingerprint density at radius 2 is 2.05 bits per heavy atom. The zero-order valence-corrected chi connectivity index (χ0v) is 12.9. The van der Waals surface area contributed by atoms with E-state index >= 15 is 0 Å². The van der Waals surface area contributed by atoms with Gasteiger partial charge in [0.15, 0.2) is 0 Å². The number of benzene rings is 1. The number of rotatable bonds is 6. The Kier molecular flexibility index (Phi) is 7.22. The first kappa shape index (κ1) is 16.6. The lowest BCUT2D eigenvalue weighted by molar-refractivity contribution is -0.116. The number of amides is 1. The molecule has 6 heteroatoms. The molecule has 1 aromatic heterocycles. The molecule has 0 aliphatic carbocycles. The van der Waals surface area contributed by atoms with Crippen molar-refractivity contribution in [1.82, 2.24) is 10.3 Å². The summed E-state index contributed by atoms with van der Waals surface area (Å²) < 4.78 is 0. The lowest BCUT2D eigenvalue weighted by Crippen LogP contribution is -2.15. The lowest BCUT2D eigenvalue weighted by atomic mass is 10.2. The zero-order valence-electron chi connectivity index (χ0n) is 11.3. The molecule has 4 nitrogen and oxygen atoms in total. The summed E-state index contributed by atoms with van der Waals surface area (Å²) in [5.74, 6) is 0.0530. The molecule has 1 amide bonds. The fourth-order valence-corrected chi connectivity index (χ4v) is 2.36. The van der Waals surface area contributed by atoms with Crippen LogP contribution in [0.25, 0.3) is 10.6 Å². The molecule has 0 saturated carbocycles. The molecule has 2 aromatic rings. The van der Waals surface area contributed by atoms with E-state index in [0.717, 1.165) is 29.2 Å². The van der Waals surface area contributed by atoms with Crippen molar-refractivity contribution in [3.8, 4) is 10.6 Å². The van der Waals surface area contributed by atoms with Gasteiger partial charge < -0.3 is 10.6 Å². The monoisotopic (exact) mass is 311 g/mol. The van der Waals surface area contributed by atoms with E-state index in [1.807, 2.05) is 36.7 Å². The highest BCUT2D eigenvalue weighted by atomic mass is 35.5. The van der Waals surface area contributed by atoms with E-state index in [-0.39, 0.29) is 18.3 Å². The number of carbonyl (C=O) groups excluding carboxylic acids is 1. The van der Waals surface area contributed by atoms with Crippen LogP contribution in [-0.4, -0.2) is 24.5 Å². The summed E-state index contributed by atoms with van der Waals surface area (Å²) in [5, 5.41) is 8.86. The molecule has 0 spiro atoms. The van der Waals surface area contributed by atoms with Gasteiger partial charge in [0.05, 0.1) is 0 Å². The smallest absolute Gasteiger partial charge is 0.224 e. The van der Waals surface area contributed by atoms with Crippen molar-refractivity contribution < 1.29 is 4.79 Å². The van der Waals surface area contributed by atoms with Crippen LogP contribution in [0.1, 0.15) is 12.8 Å². The second-order valence-corrected chi connectivity index (χ2v) is 5.06. The van der Waals surface area contributed by atoms with Crippen LogP contribution < -0.4 is 10.6 Å². The highest BCUT2D eigenvalue weighted by Gasteiger charge is 2.03. The number of halogens is 1. The molecule has 0 bridgehead atoms. The summed E-state index contributed by atoms with van der Waals surface area (Å²) in [4.78, 5) is 15.9. The summed E-state index contributed by atoms with van der Waals surface area (Å²) in [6.45, 7) is 0.858. The molecule has 0 fully saturated rings. The Bertz CT molecular complexity index is 514. The second kappa shape index (κ2) is 8.68. The quantitative estimate of drug-likeness (QED) is 0.806. The van der Waals surface area contributed by atoms with Crippen LogP contribution in [-0.2, 0) is 4.79 Å². The molecule has 0 aliphatic rings. The van der Waals surface area contributed by atoms with E-state index in [4.69, 9.17) is 0 Å². The third-order valence-corrected chi connectivity index (χ3v) is 3.50. The molecule has 108 valence electrons. The van der Waals surface area contributed by atoms with Gasteiger partial charge in [0.2, 0.25) is 5.91 Å². The van der Waals surface area contributed by atoms with E-state index in [1.165, 1.54) is 0 Å². The van der Waals surface area contributed by atoms with Crippen LogP contribution in [0, 0.1) is 0 Å². The average molecular weight is 312 g/mol. The third kappa shape index (κ3) is 4.92. The highest BCUT2D eigenvalue weighted by Crippen LogP contribution is 2.23. The summed E-state index contributed by atoms with van der Waals surface area (Å²) in [7, 11) is 1.88. The van der Waals surface area contributed by atoms with Crippen LogP contribution in [0.15, 0.2) is 35.8 Å². The Balaban J connectivity index is 0.00000200. The topological polar surface area (TPSA) is 54.0 Å². The molecule has 0 unspecified atom stereocenters. The normalized spacial score (nSPS) is 9.85. The SMILES string of the molecule is CNCCCC(=O)Nc1ccc(-c2nccs2)cc1.Cl. The van der Waals surface area contributed by atoms with E-state index in [0.29, 0.717) is 6.42 Å². The maximum Gasteiger partial charge on any atom is 0.224 e. The Labute approximate surface area is 129 Å². The average Bonchev–Trinajstić information content (AvgIpc) is 2.94. The molecule has 0 saturated heterocycles. The molecule has 1 aromatic carbocycles. The van der Waals surface area contributed by atoms with Gasteiger partial charge in [0.25, 0.3) is 0 Å². The first-order valence-electron chi connectivity index (χ1n) is 6.24. The van der Waals surface area contributed by atoms with Gasteiger partial charge in [0.1, 0.15) is 5.01 Å². The van der Waals surface area contributed by atoms with Gasteiger partial charge in [-0.1, -0.05) is 0 Å². The number of nitrogens with one attached hydrogen (secondary N) is 2. The lowest BCUT2D eigenvalue weighted by Gasteiger charge is -2.05. The maximum atomic E-state index is 11.7. The van der Waals surface area contributed by atoms with E-state index in [9.17, 15) is 4.79 Å². The van der Waals surface area contributed by atoms with Crippen LogP contribution >= 0.6 is 23.7 Å². The zero-order chi connectivity index (χ0) is 13.5. The van der Waals surface area contributed by atoms with Crippen molar-refractivity contribution in [2.75, 3.05) is 18.9 Å². The number of thiazole rings is 1. The van der Waals surface area contributed by atoms with Crippen LogP contribution in [0.5, 0.6) is 0 Å². The molecule has 2 N–H and O–H groups in total. The maximum absolute atomic E-state index is 11.7. The second-order valence-electron chi connectivity index (χ2n) is 4.17. The molecule has 2 rings (SSSR count). The van der Waals surface area contributed by atoms with Crippen LogP contribution in [0.3, 0.4) is 0 Å². The van der Waals surface area contributed by atoms with Gasteiger partial charge >= 0.3 is 0 Å². The summed E-state index contributed by atoms with van der Waals surface area (Å²) in [5.41, 5.74) is 1.90. The number of nitrogens with zero attached hydrogens (tertiary/aromatic N) is 1. The van der Waals surface area contributed by atoms with Gasteiger partial charge in [-0.2, -0.15) is 0 Å². The number of hydrogen-bond donors (Lipinski definition) is 2. The van der Waals surface area contributed by atoms with Crippen molar-refractivity contribution in [1.29, 1.82) is 0 Å². The van der Waals surface area contributed by atoms with Crippen molar-refractivity contribution in [3.05, 3.63) is 35.8 Å². The summed E-state index contributed by atoms with van der Waals surface area (Å²) in [6.07, 6.45) is 3.17. The summed E-state index contributed by atoms with van der Waals surface area (Å²) in [6, 6.07) is 7.77. The predicted molar refractivity (Wildman–Crippen MR) is 86.6 cm³/mol. The molecule has 1 heterocycles. The van der Waals surface area contributed by atoms with Gasteiger partial charge in [-0.05, 0) is 44.3 Å². The predicted octanol–water partition coefficient (Wildman–Crippen LogP) is 3.17. The minimum Gasteiger partial charge on any atom is -0.326 e. The molecule has 0 atom stereocenters. The fraction of sp³-hybridized carbons (Fsp3) is 0.286. The molecule has 0 aliphatic heterocycles. The standard InChI is InChI=1S/C14H17N3OS.ClH/c1-15-8-2-3-13(18)17-12-6-4-11(5-7-12)14-16-9-10-19-14;/h4-7,9-10,15H,2-3,8H2,1H3,(H,17,18);1H. The van der Waals surface area contributed by atoms with E-state index in [2.05, 4.69) is 15.6 Å². The first-order valence-corrected chi connectivity index (χ1v) is 7.12. The minimum absolute atomic E-state index is 0. The van der Waals surface area contributed by atoms with Crippen LogP contribution in [0.2, 0.25) is 0 Å². The van der Waals surface area contributed by atoms with E-state index < -0.39 is 0 Å². The van der Waals surface area contributed by atoms with Crippen molar-refractivity contribution in [3.63, 3.8) is 0 Å². The first-order chi connectivity index (χ1) is 9.29. The van der Waals surface area contributed by atoms with Gasteiger partial charge in [-0.3, -0.25) is 4.79 Å². The fourth-order valence-electron chi connectivity index (χ4n) is 1.71. The number of anilines is 1. The molecule has 0 radical (unpaired) electrons. The third-order valence-electron chi connectivity index (χ3n) is 2.68. The largest absolute Gasteiger partial charge is 0.326 e. The molecular weight excluding hydrogens is 294 g/mol. The number of carbonyl (C=O) groups is 1. The van der Waals surface area contributed by atoms with Gasteiger partial charge in [-0.25, -0.2) is 4.98 Å². The number of hydrogen-bond acceptors (Lipinski definition) is 4. The van der Waals surface area contributed by atoms with Crippen molar-refractivity contribution in [2.45, 2.75) is 12.8 Å². The highest BCUT2D eigenvalue weighted by molar-refractivity contribution is 7.13. The summed E-state index contributed by atoms with van der Waals surface area (Å²) >= 11 is 1.60. The number of aromatic nitrogens is 1. The van der Waals surface area contributed by atoms with Crippen LogP contribution in [0.4, 0.5) is 5.69 Å². The Morgan fingerprint density at radius 3 is 2.65 bits per heavy atom. The Morgan fingerprint density at radius 1 is 1.30 bits per heavy atom. The minimum atomic E-state index is 0. The Hall–Kier alpha value is -1.43. The molecular formula is C14H18ClN3OS. The van der Waals surface area contributed by atoms with Crippen molar-refractivity contribution in [2.24, 2.45) is 0 Å².